The molecule has 0 amide bonds. The first-order chi connectivity index (χ1) is 6.86. The molecule has 0 saturated carbocycles. The number of pyridine rings is 1. The van der Waals surface area contributed by atoms with Crippen LogP contribution in [-0.4, -0.2) is 18.6 Å². The van der Waals surface area contributed by atoms with Crippen LogP contribution in [0.2, 0.25) is 0 Å². The Kier molecular flexibility index (Phi) is 4.39. The summed E-state index contributed by atoms with van der Waals surface area (Å²) in [5.74, 6) is 0. The molecule has 0 radical (unpaired) electrons. The van der Waals surface area contributed by atoms with Crippen LogP contribution in [0.4, 0.5) is 0 Å². The number of hydrogen-bond acceptors (Lipinski definition) is 3. The van der Waals surface area contributed by atoms with Gasteiger partial charge in [-0.3, -0.25) is 0 Å². The van der Waals surface area contributed by atoms with Gasteiger partial charge in [0.1, 0.15) is 11.8 Å². The van der Waals surface area contributed by atoms with E-state index in [-0.39, 0.29) is 0 Å². The smallest absolute Gasteiger partial charge is 0.141 e. The van der Waals surface area contributed by atoms with Crippen molar-refractivity contribution in [1.82, 2.24) is 10.3 Å². The van der Waals surface area contributed by atoms with E-state index in [0.717, 1.165) is 18.7 Å². The van der Waals surface area contributed by atoms with Crippen LogP contribution in [0.3, 0.4) is 0 Å². The van der Waals surface area contributed by atoms with Gasteiger partial charge in [0.2, 0.25) is 0 Å². The van der Waals surface area contributed by atoms with Gasteiger partial charge in [-0.1, -0.05) is 12.1 Å². The Morgan fingerprint density at radius 3 is 3.14 bits per heavy atom. The molecule has 1 aromatic rings. The van der Waals surface area contributed by atoms with Crippen LogP contribution in [0, 0.1) is 11.3 Å². The number of rotatable bonds is 4. The number of nitrogens with zero attached hydrogens (tertiary/aromatic N) is 2. The van der Waals surface area contributed by atoms with Crippen LogP contribution in [0.1, 0.15) is 17.8 Å². The summed E-state index contributed by atoms with van der Waals surface area (Å²) in [6, 6.07) is 7.43. The zero-order valence-electron chi connectivity index (χ0n) is 8.20. The van der Waals surface area contributed by atoms with Gasteiger partial charge in [0, 0.05) is 0 Å². The maximum absolute atomic E-state index is 8.63. The van der Waals surface area contributed by atoms with Crippen LogP contribution in [0.15, 0.2) is 24.3 Å². The first-order valence-electron chi connectivity index (χ1n) is 4.55. The molecule has 0 unspecified atom stereocenters. The molecule has 0 aliphatic rings. The lowest BCUT2D eigenvalue weighted by Gasteiger charge is -1.93. The zero-order valence-corrected chi connectivity index (χ0v) is 8.20. The SMILES string of the molecule is CNCCC=Cc1cccc(C#N)n1. The highest BCUT2D eigenvalue weighted by Gasteiger charge is 1.91. The lowest BCUT2D eigenvalue weighted by molar-refractivity contribution is 0.809. The van der Waals surface area contributed by atoms with E-state index in [0.29, 0.717) is 5.69 Å². The minimum Gasteiger partial charge on any atom is -0.319 e. The summed E-state index contributed by atoms with van der Waals surface area (Å²) in [6.45, 7) is 0.953. The highest BCUT2D eigenvalue weighted by molar-refractivity contribution is 5.45. The van der Waals surface area contributed by atoms with Crippen molar-refractivity contribution in [3.8, 4) is 6.07 Å². The summed E-state index contributed by atoms with van der Waals surface area (Å²) in [7, 11) is 1.92. The summed E-state index contributed by atoms with van der Waals surface area (Å²) in [6.07, 6.45) is 4.94. The van der Waals surface area contributed by atoms with Crippen molar-refractivity contribution < 1.29 is 0 Å². The highest BCUT2D eigenvalue weighted by atomic mass is 14.8. The van der Waals surface area contributed by atoms with E-state index >= 15 is 0 Å². The largest absolute Gasteiger partial charge is 0.319 e. The molecule has 1 N–H and O–H groups in total. The Balaban J connectivity index is 2.59. The molecule has 0 fully saturated rings. The molecule has 0 bridgehead atoms. The number of nitriles is 1. The Bertz CT molecular complexity index is 350. The van der Waals surface area contributed by atoms with E-state index in [1.165, 1.54) is 0 Å². The summed E-state index contributed by atoms with van der Waals surface area (Å²) >= 11 is 0. The summed E-state index contributed by atoms with van der Waals surface area (Å²) in [4.78, 5) is 4.12. The average Bonchev–Trinajstić information content (AvgIpc) is 2.25. The maximum atomic E-state index is 8.63. The monoisotopic (exact) mass is 187 g/mol. The van der Waals surface area contributed by atoms with E-state index in [9.17, 15) is 0 Å². The van der Waals surface area contributed by atoms with Gasteiger partial charge < -0.3 is 5.32 Å². The van der Waals surface area contributed by atoms with E-state index in [4.69, 9.17) is 5.26 Å². The molecule has 0 aliphatic carbocycles. The van der Waals surface area contributed by atoms with Gasteiger partial charge in [0.05, 0.1) is 5.69 Å². The first kappa shape index (κ1) is 10.4. The molecule has 1 heterocycles. The van der Waals surface area contributed by atoms with Crippen molar-refractivity contribution in [2.75, 3.05) is 13.6 Å². The molecule has 1 rings (SSSR count). The van der Waals surface area contributed by atoms with Gasteiger partial charge in [-0.2, -0.15) is 5.26 Å². The van der Waals surface area contributed by atoms with Crippen molar-refractivity contribution in [3.05, 3.63) is 35.7 Å². The predicted molar refractivity (Wildman–Crippen MR) is 56.5 cm³/mol. The van der Waals surface area contributed by atoms with Crippen molar-refractivity contribution >= 4 is 6.08 Å². The fourth-order valence-corrected chi connectivity index (χ4v) is 1.04. The van der Waals surface area contributed by atoms with Crippen molar-refractivity contribution in [1.29, 1.82) is 5.26 Å². The van der Waals surface area contributed by atoms with E-state index in [1.807, 2.05) is 37.4 Å². The number of nitrogens with one attached hydrogen (secondary N) is 1. The summed E-state index contributed by atoms with van der Waals surface area (Å²) < 4.78 is 0. The molecule has 14 heavy (non-hydrogen) atoms. The van der Waals surface area contributed by atoms with Crippen LogP contribution < -0.4 is 5.32 Å². The summed E-state index contributed by atoms with van der Waals surface area (Å²) in [5.41, 5.74) is 1.29. The van der Waals surface area contributed by atoms with Crippen LogP contribution in [0.25, 0.3) is 6.08 Å². The quantitative estimate of drug-likeness (QED) is 0.728. The Hall–Kier alpha value is -1.66. The maximum Gasteiger partial charge on any atom is 0.141 e. The van der Waals surface area contributed by atoms with Crippen molar-refractivity contribution in [2.24, 2.45) is 0 Å². The molecule has 72 valence electrons. The minimum absolute atomic E-state index is 0.459. The molecular weight excluding hydrogens is 174 g/mol. The second kappa shape index (κ2) is 5.90. The average molecular weight is 187 g/mol. The van der Waals surface area contributed by atoms with Crippen molar-refractivity contribution in [2.45, 2.75) is 6.42 Å². The predicted octanol–water partition coefficient (Wildman–Crippen LogP) is 1.58. The van der Waals surface area contributed by atoms with Crippen LogP contribution >= 0.6 is 0 Å². The number of aromatic nitrogens is 1. The zero-order chi connectivity index (χ0) is 10.2. The third-order valence-corrected chi connectivity index (χ3v) is 1.73. The Morgan fingerprint density at radius 1 is 1.57 bits per heavy atom. The van der Waals surface area contributed by atoms with Gasteiger partial charge in [0.15, 0.2) is 0 Å². The third-order valence-electron chi connectivity index (χ3n) is 1.73. The van der Waals surface area contributed by atoms with Crippen LogP contribution in [0.5, 0.6) is 0 Å². The summed E-state index contributed by atoms with van der Waals surface area (Å²) in [5, 5.41) is 11.7. The molecular formula is C11H13N3. The molecule has 1 aromatic heterocycles. The van der Waals surface area contributed by atoms with Gasteiger partial charge >= 0.3 is 0 Å². The van der Waals surface area contributed by atoms with Gasteiger partial charge in [-0.15, -0.1) is 0 Å². The minimum atomic E-state index is 0.459. The standard InChI is InChI=1S/C11H13N3/c1-13-8-3-2-5-10-6-4-7-11(9-12)14-10/h2,4-7,13H,3,8H2,1H3. The normalized spacial score (nSPS) is 10.3. The third kappa shape index (κ3) is 3.38. The molecule has 0 aromatic carbocycles. The van der Waals surface area contributed by atoms with E-state index in [2.05, 4.69) is 10.3 Å². The van der Waals surface area contributed by atoms with E-state index in [1.54, 1.807) is 6.07 Å². The molecule has 0 atom stereocenters. The fourth-order valence-electron chi connectivity index (χ4n) is 1.04. The lowest BCUT2D eigenvalue weighted by atomic mass is 10.2. The topological polar surface area (TPSA) is 48.7 Å². The molecule has 3 heteroatoms. The highest BCUT2D eigenvalue weighted by Crippen LogP contribution is 2.00. The number of hydrogen-bond donors (Lipinski definition) is 1. The second-order valence-electron chi connectivity index (χ2n) is 2.85. The molecule has 0 aliphatic heterocycles. The second-order valence-corrected chi connectivity index (χ2v) is 2.85. The van der Waals surface area contributed by atoms with Gasteiger partial charge in [0.25, 0.3) is 0 Å². The van der Waals surface area contributed by atoms with Crippen LogP contribution in [-0.2, 0) is 0 Å². The van der Waals surface area contributed by atoms with Crippen molar-refractivity contribution in [3.63, 3.8) is 0 Å². The molecule has 0 saturated heterocycles. The Labute approximate surface area is 84.1 Å². The fraction of sp³-hybridized carbons (Fsp3) is 0.273. The van der Waals surface area contributed by atoms with Gasteiger partial charge in [-0.05, 0) is 38.2 Å². The Morgan fingerprint density at radius 2 is 2.43 bits per heavy atom. The van der Waals surface area contributed by atoms with Gasteiger partial charge in [-0.25, -0.2) is 4.98 Å². The first-order valence-corrected chi connectivity index (χ1v) is 4.55. The van der Waals surface area contributed by atoms with E-state index < -0.39 is 0 Å². The lowest BCUT2D eigenvalue weighted by Crippen LogP contribution is -2.05. The molecule has 3 nitrogen and oxygen atoms in total. The molecule has 0 spiro atoms.